The Bertz CT molecular complexity index is 844. The Balaban J connectivity index is 2.35. The molecule has 2 heterocycles. The van der Waals surface area contributed by atoms with Crippen molar-refractivity contribution in [2.45, 2.75) is 25.4 Å². The van der Waals surface area contributed by atoms with E-state index in [9.17, 15) is 4.79 Å². The molecule has 0 amide bonds. The first-order valence-corrected chi connectivity index (χ1v) is 7.54. The molecule has 0 bridgehead atoms. The lowest BCUT2D eigenvalue weighted by molar-refractivity contribution is -0.596. The Morgan fingerprint density at radius 3 is 2.95 bits per heavy atom. The average Bonchev–Trinajstić information content (AvgIpc) is 2.45. The van der Waals surface area contributed by atoms with E-state index in [2.05, 4.69) is 22.0 Å². The summed E-state index contributed by atoms with van der Waals surface area (Å²) in [6.07, 6.45) is 1.03. The van der Waals surface area contributed by atoms with Gasteiger partial charge in [0.1, 0.15) is 0 Å². The monoisotopic (exact) mass is 287 g/mol. The Hall–Kier alpha value is -1.95. The van der Waals surface area contributed by atoms with Crippen LogP contribution in [0.15, 0.2) is 34.2 Å². The molecule has 0 aliphatic rings. The normalized spacial score (nSPS) is 11.3. The molecule has 3 aromatic rings. The first kappa shape index (κ1) is 13.1. The third-order valence-electron chi connectivity index (χ3n) is 3.03. The predicted molar refractivity (Wildman–Crippen MR) is 79.1 cm³/mol. The van der Waals surface area contributed by atoms with Gasteiger partial charge in [-0.25, -0.2) is 0 Å². The van der Waals surface area contributed by atoms with E-state index in [0.29, 0.717) is 16.5 Å². The lowest BCUT2D eigenvalue weighted by Crippen LogP contribution is -2.38. The molecule has 0 aliphatic carbocycles. The largest absolute Gasteiger partial charge is 0.321 e. The summed E-state index contributed by atoms with van der Waals surface area (Å²) in [7, 11) is 0. The molecule has 102 valence electrons. The van der Waals surface area contributed by atoms with E-state index in [1.807, 2.05) is 31.2 Å². The summed E-state index contributed by atoms with van der Waals surface area (Å²) in [4.78, 5) is 19.7. The number of aryl methyl sites for hydroxylation is 1. The number of hydrogen-bond acceptors (Lipinski definition) is 4. The lowest BCUT2D eigenvalue weighted by Gasteiger charge is -2.01. The van der Waals surface area contributed by atoms with Gasteiger partial charge in [-0.05, 0) is 23.5 Å². The van der Waals surface area contributed by atoms with Crippen LogP contribution in [0.5, 0.6) is 0 Å². The molecule has 20 heavy (non-hydrogen) atoms. The molecule has 3 rings (SSSR count). The first-order valence-electron chi connectivity index (χ1n) is 6.55. The zero-order valence-electron chi connectivity index (χ0n) is 11.4. The second kappa shape index (κ2) is 5.20. The molecule has 0 spiro atoms. The SMILES string of the molecule is CCCSc1n[n+]2c(C)nc3ccccc3c2c(=O)[nH]1. The number of fused-ring (bicyclic) bond motifs is 3. The number of nitrogens with zero attached hydrogens (tertiary/aromatic N) is 3. The molecule has 0 fully saturated rings. The lowest BCUT2D eigenvalue weighted by atomic mass is 10.2. The molecule has 6 heteroatoms. The van der Waals surface area contributed by atoms with Gasteiger partial charge in [-0.15, -0.1) is 0 Å². The number of rotatable bonds is 3. The fourth-order valence-corrected chi connectivity index (χ4v) is 2.85. The smallest absolute Gasteiger partial charge is 0.295 e. The van der Waals surface area contributed by atoms with Gasteiger partial charge in [-0.1, -0.05) is 40.4 Å². The summed E-state index contributed by atoms with van der Waals surface area (Å²) in [6, 6.07) is 7.62. The Morgan fingerprint density at radius 1 is 1.35 bits per heavy atom. The predicted octanol–water partition coefficient (Wildman–Crippen LogP) is 1.87. The first-order chi connectivity index (χ1) is 9.70. The quantitative estimate of drug-likeness (QED) is 0.454. The molecular weight excluding hydrogens is 272 g/mol. The number of hydrogen-bond donors (Lipinski definition) is 1. The minimum absolute atomic E-state index is 0.125. The van der Waals surface area contributed by atoms with Crippen molar-refractivity contribution in [3.05, 3.63) is 40.4 Å². The summed E-state index contributed by atoms with van der Waals surface area (Å²) in [5.41, 5.74) is 1.24. The molecule has 0 saturated heterocycles. The highest BCUT2D eigenvalue weighted by Crippen LogP contribution is 2.14. The van der Waals surface area contributed by atoms with Gasteiger partial charge in [-0.3, -0.25) is 9.78 Å². The van der Waals surface area contributed by atoms with Crippen molar-refractivity contribution in [1.29, 1.82) is 0 Å². The number of aromatic amines is 1. The maximum atomic E-state index is 12.4. The van der Waals surface area contributed by atoms with Gasteiger partial charge in [0.2, 0.25) is 10.7 Å². The van der Waals surface area contributed by atoms with Crippen molar-refractivity contribution in [3.63, 3.8) is 0 Å². The van der Waals surface area contributed by atoms with Crippen LogP contribution in [-0.4, -0.2) is 20.8 Å². The van der Waals surface area contributed by atoms with Crippen molar-refractivity contribution in [1.82, 2.24) is 15.1 Å². The highest BCUT2D eigenvalue weighted by molar-refractivity contribution is 7.99. The molecule has 0 saturated carbocycles. The van der Waals surface area contributed by atoms with Crippen LogP contribution in [0.4, 0.5) is 0 Å². The number of aromatic nitrogens is 4. The molecule has 0 unspecified atom stereocenters. The summed E-state index contributed by atoms with van der Waals surface area (Å²) in [5, 5.41) is 5.94. The van der Waals surface area contributed by atoms with Gasteiger partial charge in [0.05, 0.1) is 5.39 Å². The third kappa shape index (κ3) is 2.16. The highest BCUT2D eigenvalue weighted by atomic mass is 32.2. The summed E-state index contributed by atoms with van der Waals surface area (Å²) >= 11 is 1.55. The third-order valence-corrected chi connectivity index (χ3v) is 4.10. The molecule has 1 aromatic carbocycles. The molecule has 0 radical (unpaired) electrons. The van der Waals surface area contributed by atoms with E-state index in [-0.39, 0.29) is 5.56 Å². The number of benzene rings is 1. The van der Waals surface area contributed by atoms with Crippen LogP contribution in [0.3, 0.4) is 0 Å². The molecule has 1 N–H and O–H groups in total. The van der Waals surface area contributed by atoms with E-state index < -0.39 is 0 Å². The maximum absolute atomic E-state index is 12.4. The molecule has 0 atom stereocenters. The topological polar surface area (TPSA) is 62.7 Å². The average molecular weight is 287 g/mol. The second-order valence-electron chi connectivity index (χ2n) is 4.54. The van der Waals surface area contributed by atoms with Gasteiger partial charge in [-0.2, -0.15) is 0 Å². The second-order valence-corrected chi connectivity index (χ2v) is 5.63. The van der Waals surface area contributed by atoms with Gasteiger partial charge in [0.25, 0.3) is 0 Å². The van der Waals surface area contributed by atoms with E-state index in [0.717, 1.165) is 23.1 Å². The number of H-pyrrole nitrogens is 1. The Morgan fingerprint density at radius 2 is 2.15 bits per heavy atom. The van der Waals surface area contributed by atoms with Crippen LogP contribution in [0.25, 0.3) is 16.4 Å². The molecule has 0 aliphatic heterocycles. The summed E-state index contributed by atoms with van der Waals surface area (Å²) in [6.45, 7) is 3.96. The summed E-state index contributed by atoms with van der Waals surface area (Å²) < 4.78 is 1.64. The maximum Gasteiger partial charge on any atom is 0.321 e. The fourth-order valence-electron chi connectivity index (χ4n) is 2.15. The van der Waals surface area contributed by atoms with E-state index in [1.165, 1.54) is 0 Å². The molecule has 2 aromatic heterocycles. The molecular formula is C14H15N4OS+. The van der Waals surface area contributed by atoms with Gasteiger partial charge >= 0.3 is 11.4 Å². The van der Waals surface area contributed by atoms with Crippen LogP contribution in [0, 0.1) is 6.92 Å². The number of thioether (sulfide) groups is 1. The Labute approximate surface area is 120 Å². The van der Waals surface area contributed by atoms with Gasteiger partial charge in [0, 0.05) is 12.7 Å². The minimum atomic E-state index is -0.125. The zero-order valence-corrected chi connectivity index (χ0v) is 12.2. The van der Waals surface area contributed by atoms with E-state index >= 15 is 0 Å². The standard InChI is InChI=1S/C14H14N4OS/c1-3-8-20-14-16-13(19)12-10-6-4-5-7-11(10)15-9(2)18(12)17-14/h4-7H,3,8H2,1-2H3/p+1. The van der Waals surface area contributed by atoms with Crippen molar-refractivity contribution in [3.8, 4) is 0 Å². The number of nitrogens with one attached hydrogen (secondary N) is 1. The summed E-state index contributed by atoms with van der Waals surface area (Å²) in [5.74, 6) is 1.64. The zero-order chi connectivity index (χ0) is 14.1. The van der Waals surface area contributed by atoms with Crippen molar-refractivity contribution < 1.29 is 4.52 Å². The van der Waals surface area contributed by atoms with E-state index in [1.54, 1.807) is 16.3 Å². The van der Waals surface area contributed by atoms with Crippen LogP contribution in [-0.2, 0) is 0 Å². The van der Waals surface area contributed by atoms with Crippen LogP contribution in [0.1, 0.15) is 19.2 Å². The van der Waals surface area contributed by atoms with Crippen LogP contribution < -0.4 is 10.1 Å². The van der Waals surface area contributed by atoms with Crippen molar-refractivity contribution >= 4 is 28.2 Å². The van der Waals surface area contributed by atoms with E-state index in [4.69, 9.17) is 0 Å². The minimum Gasteiger partial charge on any atom is -0.295 e. The fraction of sp³-hybridized carbons (Fsp3) is 0.286. The van der Waals surface area contributed by atoms with Crippen molar-refractivity contribution in [2.24, 2.45) is 0 Å². The number of para-hydroxylation sites is 1. The van der Waals surface area contributed by atoms with Crippen molar-refractivity contribution in [2.75, 3.05) is 5.75 Å². The highest BCUT2D eigenvalue weighted by Gasteiger charge is 2.18. The van der Waals surface area contributed by atoms with Crippen LogP contribution in [0.2, 0.25) is 0 Å². The van der Waals surface area contributed by atoms with Gasteiger partial charge in [0.15, 0.2) is 5.52 Å². The Kier molecular flexibility index (Phi) is 3.40. The van der Waals surface area contributed by atoms with Crippen LogP contribution >= 0.6 is 11.8 Å². The molecule has 5 nitrogen and oxygen atoms in total. The van der Waals surface area contributed by atoms with Gasteiger partial charge < -0.3 is 0 Å².